The van der Waals surface area contributed by atoms with E-state index in [2.05, 4.69) is 31.9 Å². The van der Waals surface area contributed by atoms with E-state index in [1.54, 1.807) is 0 Å². The molecule has 0 heterocycles. The second kappa shape index (κ2) is 6.33. The van der Waals surface area contributed by atoms with E-state index in [1.807, 2.05) is 0 Å². The lowest BCUT2D eigenvalue weighted by Crippen LogP contribution is -2.50. The maximum absolute atomic E-state index is 9.19. The number of rotatable bonds is 5. The Kier molecular flexibility index (Phi) is 6.66. The van der Waals surface area contributed by atoms with Crippen LogP contribution in [0.15, 0.2) is 0 Å². The van der Waals surface area contributed by atoms with Gasteiger partial charge in [-0.25, -0.2) is 0 Å². The minimum absolute atomic E-state index is 1.44. The lowest BCUT2D eigenvalue weighted by Gasteiger charge is -2.27. The summed E-state index contributed by atoms with van der Waals surface area (Å²) in [5, 5.41) is 51.3. The Bertz CT molecular complexity index is 148. The molecule has 0 aliphatic rings. The lowest BCUT2D eigenvalue weighted by atomic mass is 10.0. The van der Waals surface area contributed by atoms with Gasteiger partial charge in [0.15, 0.2) is 0 Å². The fraction of sp³-hybridized carbons (Fsp3) is 1.00. The average molecular weight is 340 g/mol. The molecule has 0 aromatic carbocycles. The van der Waals surface area contributed by atoms with Crippen LogP contribution in [0.3, 0.4) is 0 Å². The van der Waals surface area contributed by atoms with E-state index in [0.717, 1.165) is 0 Å². The summed E-state index contributed by atoms with van der Waals surface area (Å²) < 4.78 is 0. The van der Waals surface area contributed by atoms with Gasteiger partial charge in [-0.05, 0) is 0 Å². The first-order valence-corrected chi connectivity index (χ1v) is 5.48. The van der Waals surface area contributed by atoms with Gasteiger partial charge in [-0.15, -0.1) is 0 Å². The van der Waals surface area contributed by atoms with Crippen LogP contribution < -0.4 is 0 Å². The van der Waals surface area contributed by atoms with Crippen LogP contribution in [0.4, 0.5) is 0 Å². The highest BCUT2D eigenvalue weighted by Gasteiger charge is 2.35. The SMILES string of the molecule is OC(Br)[C@H](O)[C@H](O)[C@@H](O)[C@@H](O)C(O)Br. The van der Waals surface area contributed by atoms with Gasteiger partial charge in [-0.2, -0.15) is 0 Å². The molecule has 0 spiro atoms. The Hall–Kier alpha value is 0.720. The summed E-state index contributed by atoms with van der Waals surface area (Å²) in [4.78, 5) is 0. The van der Waals surface area contributed by atoms with Gasteiger partial charge in [0.2, 0.25) is 0 Å². The molecule has 0 radical (unpaired) electrons. The van der Waals surface area contributed by atoms with Crippen LogP contribution in [0.5, 0.6) is 0 Å². The van der Waals surface area contributed by atoms with Gasteiger partial charge in [0.1, 0.15) is 34.4 Å². The molecule has 0 rings (SSSR count). The number of aliphatic hydroxyl groups excluding tert-OH is 6. The third-order valence-electron chi connectivity index (χ3n) is 1.61. The average Bonchev–Trinajstić information content (AvgIpc) is 2.12. The van der Waals surface area contributed by atoms with Crippen molar-refractivity contribution < 1.29 is 30.6 Å². The van der Waals surface area contributed by atoms with Crippen molar-refractivity contribution in [1.29, 1.82) is 0 Å². The minimum Gasteiger partial charge on any atom is -0.387 e. The molecule has 0 fully saturated rings. The number of halogens is 2. The molecule has 14 heavy (non-hydrogen) atoms. The number of alkyl halides is 2. The second-order valence-electron chi connectivity index (χ2n) is 2.71. The zero-order chi connectivity index (χ0) is 11.5. The van der Waals surface area contributed by atoms with E-state index >= 15 is 0 Å². The Morgan fingerprint density at radius 3 is 0.857 bits per heavy atom. The third kappa shape index (κ3) is 4.07. The largest absolute Gasteiger partial charge is 0.387 e. The van der Waals surface area contributed by atoms with Crippen LogP contribution in [0.25, 0.3) is 0 Å². The van der Waals surface area contributed by atoms with E-state index in [9.17, 15) is 10.2 Å². The van der Waals surface area contributed by atoms with Gasteiger partial charge in [0, 0.05) is 0 Å². The topological polar surface area (TPSA) is 121 Å². The molecule has 6 N–H and O–H groups in total. The number of aliphatic hydroxyl groups is 6. The van der Waals surface area contributed by atoms with Crippen LogP contribution in [0.2, 0.25) is 0 Å². The Morgan fingerprint density at radius 2 is 0.714 bits per heavy atom. The summed E-state index contributed by atoms with van der Waals surface area (Å²) in [5.41, 5.74) is 0. The highest BCUT2D eigenvalue weighted by molar-refractivity contribution is 9.09. The van der Waals surface area contributed by atoms with Crippen molar-refractivity contribution in [2.24, 2.45) is 0 Å². The standard InChI is InChI=1S/C6H12Br2O6/c7-5(13)3(11)1(9)2(10)4(12)6(8)14/h1-6,9-14H/t1-,2-,3-,4-,5?,6?/m1/s1. The van der Waals surface area contributed by atoms with Crippen LogP contribution in [-0.4, -0.2) is 65.1 Å². The highest BCUT2D eigenvalue weighted by Crippen LogP contribution is 2.15. The fourth-order valence-electron chi connectivity index (χ4n) is 0.729. The molecule has 0 aromatic heterocycles. The zero-order valence-corrected chi connectivity index (χ0v) is 10.1. The van der Waals surface area contributed by atoms with Gasteiger partial charge in [0.25, 0.3) is 0 Å². The normalized spacial score (nSPS) is 24.9. The first-order valence-electron chi connectivity index (χ1n) is 3.65. The van der Waals surface area contributed by atoms with Gasteiger partial charge >= 0.3 is 0 Å². The minimum atomic E-state index is -1.79. The summed E-state index contributed by atoms with van der Waals surface area (Å²) in [7, 11) is 0. The van der Waals surface area contributed by atoms with E-state index in [-0.39, 0.29) is 0 Å². The van der Waals surface area contributed by atoms with Gasteiger partial charge in [-0.1, -0.05) is 31.9 Å². The van der Waals surface area contributed by atoms with E-state index in [0.29, 0.717) is 0 Å². The van der Waals surface area contributed by atoms with Crippen molar-refractivity contribution in [3.8, 4) is 0 Å². The van der Waals surface area contributed by atoms with Crippen molar-refractivity contribution in [2.75, 3.05) is 0 Å². The summed E-state index contributed by atoms with van der Waals surface area (Å²) in [5.74, 6) is 0. The number of hydrogen-bond acceptors (Lipinski definition) is 6. The fourth-order valence-corrected chi connectivity index (χ4v) is 1.35. The maximum atomic E-state index is 9.19. The maximum Gasteiger partial charge on any atom is 0.137 e. The molecule has 0 bridgehead atoms. The van der Waals surface area contributed by atoms with E-state index in [1.165, 1.54) is 0 Å². The molecule has 2 unspecified atom stereocenters. The second-order valence-corrected chi connectivity index (χ2v) is 4.58. The first kappa shape index (κ1) is 14.7. The van der Waals surface area contributed by atoms with E-state index in [4.69, 9.17) is 20.4 Å². The van der Waals surface area contributed by atoms with Crippen molar-refractivity contribution in [3.63, 3.8) is 0 Å². The van der Waals surface area contributed by atoms with Gasteiger partial charge in [-0.3, -0.25) is 0 Å². The molecule has 8 heteroatoms. The quantitative estimate of drug-likeness (QED) is 0.318. The smallest absolute Gasteiger partial charge is 0.137 e. The van der Waals surface area contributed by atoms with Crippen LogP contribution in [-0.2, 0) is 0 Å². The summed E-state index contributed by atoms with van der Waals surface area (Å²) >= 11 is 5.15. The van der Waals surface area contributed by atoms with E-state index < -0.39 is 34.4 Å². The highest BCUT2D eigenvalue weighted by atomic mass is 79.9. The van der Waals surface area contributed by atoms with Crippen molar-refractivity contribution in [3.05, 3.63) is 0 Å². The first-order chi connectivity index (χ1) is 6.29. The Balaban J connectivity index is 4.30. The molecule has 6 atom stereocenters. The number of hydrogen-bond donors (Lipinski definition) is 6. The van der Waals surface area contributed by atoms with Crippen LogP contribution in [0.1, 0.15) is 0 Å². The predicted octanol–water partition coefficient (Wildman–Crippen LogP) is -2.14. The molecule has 0 saturated carbocycles. The summed E-state index contributed by atoms with van der Waals surface area (Å²) in [6.07, 6.45) is -6.92. The molecule has 0 saturated heterocycles. The molecule has 0 amide bonds. The molecule has 0 aromatic rings. The molecular weight excluding hydrogens is 328 g/mol. The molecular formula is C6H12Br2O6. The zero-order valence-electron chi connectivity index (χ0n) is 6.90. The van der Waals surface area contributed by atoms with Gasteiger partial charge in [0.05, 0.1) is 0 Å². The summed E-state index contributed by atoms with van der Waals surface area (Å²) in [6.45, 7) is 0. The molecule has 0 aliphatic heterocycles. The molecule has 86 valence electrons. The molecule has 6 nitrogen and oxygen atoms in total. The predicted molar refractivity (Wildman–Crippen MR) is 53.9 cm³/mol. The monoisotopic (exact) mass is 338 g/mol. The van der Waals surface area contributed by atoms with Crippen molar-refractivity contribution in [2.45, 2.75) is 34.4 Å². The van der Waals surface area contributed by atoms with Crippen molar-refractivity contribution in [1.82, 2.24) is 0 Å². The van der Waals surface area contributed by atoms with Gasteiger partial charge < -0.3 is 30.6 Å². The molecule has 0 aliphatic carbocycles. The van der Waals surface area contributed by atoms with Crippen LogP contribution in [0, 0.1) is 0 Å². The summed E-state index contributed by atoms with van der Waals surface area (Å²) in [6, 6.07) is 0. The van der Waals surface area contributed by atoms with Crippen molar-refractivity contribution >= 4 is 31.9 Å². The lowest BCUT2D eigenvalue weighted by molar-refractivity contribution is -0.130. The Labute approximate surface area is 97.1 Å². The Morgan fingerprint density at radius 1 is 0.500 bits per heavy atom. The van der Waals surface area contributed by atoms with Crippen LogP contribution >= 0.6 is 31.9 Å². The third-order valence-corrected chi connectivity index (χ3v) is 2.70.